The number of nitrogens with one attached hydrogen (secondary N) is 2. The van der Waals surface area contributed by atoms with E-state index in [4.69, 9.17) is 19.9 Å². The highest BCUT2D eigenvalue weighted by molar-refractivity contribution is 5.96. The van der Waals surface area contributed by atoms with Gasteiger partial charge in [-0.05, 0) is 50.3 Å². The number of rotatable bonds is 5. The first-order chi connectivity index (χ1) is 15.5. The summed E-state index contributed by atoms with van der Waals surface area (Å²) in [6, 6.07) is 5.18. The van der Waals surface area contributed by atoms with Crippen LogP contribution in [0.25, 0.3) is 16.7 Å². The van der Waals surface area contributed by atoms with Gasteiger partial charge in [-0.25, -0.2) is 4.98 Å². The van der Waals surface area contributed by atoms with Gasteiger partial charge in [-0.3, -0.25) is 19.4 Å². The fourth-order valence-electron chi connectivity index (χ4n) is 4.49. The van der Waals surface area contributed by atoms with Crippen LogP contribution >= 0.6 is 0 Å². The molecule has 5 heterocycles. The summed E-state index contributed by atoms with van der Waals surface area (Å²) in [7, 11) is 0. The lowest BCUT2D eigenvalue weighted by atomic mass is 10.1. The molecule has 2 aliphatic rings. The molecule has 2 N–H and O–H groups in total. The molecule has 1 amide bonds. The van der Waals surface area contributed by atoms with Gasteiger partial charge in [0.2, 0.25) is 0 Å². The summed E-state index contributed by atoms with van der Waals surface area (Å²) in [5, 5.41) is 12.0. The molecule has 0 aromatic carbocycles. The van der Waals surface area contributed by atoms with Crippen molar-refractivity contribution in [1.82, 2.24) is 19.3 Å². The minimum Gasteiger partial charge on any atom is -0.376 e. The highest BCUT2D eigenvalue weighted by Crippen LogP contribution is 2.17. The summed E-state index contributed by atoms with van der Waals surface area (Å²) in [4.78, 5) is 31.1. The highest BCUT2D eigenvalue weighted by Gasteiger charge is 2.23. The van der Waals surface area contributed by atoms with Crippen LogP contribution in [0.2, 0.25) is 0 Å². The summed E-state index contributed by atoms with van der Waals surface area (Å²) < 4.78 is 14.5. The second kappa shape index (κ2) is 8.48. The van der Waals surface area contributed by atoms with Crippen LogP contribution in [-0.4, -0.2) is 51.8 Å². The Hall–Kier alpha value is -3.04. The minimum absolute atomic E-state index is 0.00758. The first-order valence-corrected chi connectivity index (χ1v) is 11.1. The maximum Gasteiger partial charge on any atom is 0.267 e. The van der Waals surface area contributed by atoms with Crippen LogP contribution in [0.3, 0.4) is 0 Å². The molecule has 32 heavy (non-hydrogen) atoms. The van der Waals surface area contributed by atoms with Crippen molar-refractivity contribution in [2.24, 2.45) is 0 Å². The largest absolute Gasteiger partial charge is 0.376 e. The molecule has 3 aromatic heterocycles. The lowest BCUT2D eigenvalue weighted by molar-refractivity contribution is 0.0851. The minimum atomic E-state index is -0.387. The highest BCUT2D eigenvalue weighted by atomic mass is 16.5. The second-order valence-electron chi connectivity index (χ2n) is 8.59. The van der Waals surface area contributed by atoms with Crippen LogP contribution in [0.1, 0.15) is 41.6 Å². The monoisotopic (exact) mass is 437 g/mol. The van der Waals surface area contributed by atoms with Gasteiger partial charge in [0.05, 0.1) is 29.7 Å². The van der Waals surface area contributed by atoms with Gasteiger partial charge in [-0.1, -0.05) is 6.07 Å². The number of pyridine rings is 2. The number of aromatic nitrogens is 3. The molecule has 9 heteroatoms. The Morgan fingerprint density at radius 2 is 1.97 bits per heavy atom. The smallest absolute Gasteiger partial charge is 0.267 e. The molecule has 2 atom stereocenters. The third kappa shape index (κ3) is 3.82. The molecule has 0 unspecified atom stereocenters. The van der Waals surface area contributed by atoms with E-state index >= 15 is 0 Å². The Kier molecular flexibility index (Phi) is 5.52. The van der Waals surface area contributed by atoms with Crippen LogP contribution in [0.4, 0.5) is 0 Å². The van der Waals surface area contributed by atoms with Gasteiger partial charge in [-0.2, -0.15) is 0 Å². The van der Waals surface area contributed by atoms with Crippen molar-refractivity contribution in [1.29, 1.82) is 5.41 Å². The first kappa shape index (κ1) is 20.8. The van der Waals surface area contributed by atoms with E-state index in [1.807, 2.05) is 13.0 Å². The third-order valence-electron chi connectivity index (χ3n) is 6.22. The van der Waals surface area contributed by atoms with Gasteiger partial charge in [0.1, 0.15) is 16.8 Å². The summed E-state index contributed by atoms with van der Waals surface area (Å²) in [6.45, 7) is 4.05. The van der Waals surface area contributed by atoms with E-state index in [-0.39, 0.29) is 34.7 Å². The van der Waals surface area contributed by atoms with E-state index in [1.165, 1.54) is 10.5 Å². The Labute approximate surface area is 184 Å². The first-order valence-electron chi connectivity index (χ1n) is 11.1. The molecular formula is C23H27N5O4. The zero-order chi connectivity index (χ0) is 22.2. The summed E-state index contributed by atoms with van der Waals surface area (Å²) in [6.07, 6.45) is 5.37. The molecule has 0 aliphatic carbocycles. The van der Waals surface area contributed by atoms with Gasteiger partial charge in [-0.15, -0.1) is 0 Å². The summed E-state index contributed by atoms with van der Waals surface area (Å²) in [5.74, 6) is -0.387. The van der Waals surface area contributed by atoms with Crippen molar-refractivity contribution >= 4 is 22.6 Å². The van der Waals surface area contributed by atoms with Crippen LogP contribution in [-0.2, 0) is 16.0 Å². The number of nitrogens with zero attached hydrogens (tertiary/aromatic N) is 3. The normalized spacial score (nSPS) is 20.9. The number of hydrogen-bond donors (Lipinski definition) is 2. The number of amides is 1. The molecule has 0 saturated carbocycles. The summed E-state index contributed by atoms with van der Waals surface area (Å²) in [5.41, 5.74) is 1.75. The second-order valence-corrected chi connectivity index (χ2v) is 8.59. The fourth-order valence-corrected chi connectivity index (χ4v) is 4.49. The molecule has 168 valence electrons. The van der Waals surface area contributed by atoms with Gasteiger partial charge in [0, 0.05) is 26.0 Å². The van der Waals surface area contributed by atoms with Crippen molar-refractivity contribution in [2.45, 2.75) is 51.4 Å². The van der Waals surface area contributed by atoms with E-state index in [1.54, 1.807) is 16.8 Å². The number of aryl methyl sites for hydroxylation is 1. The third-order valence-corrected chi connectivity index (χ3v) is 6.22. The van der Waals surface area contributed by atoms with Gasteiger partial charge < -0.3 is 19.4 Å². The Morgan fingerprint density at radius 3 is 2.69 bits per heavy atom. The molecule has 2 fully saturated rings. The van der Waals surface area contributed by atoms with Crippen molar-refractivity contribution < 1.29 is 14.3 Å². The topological polar surface area (TPSA) is 111 Å². The van der Waals surface area contributed by atoms with Crippen molar-refractivity contribution in [3.8, 4) is 0 Å². The zero-order valence-electron chi connectivity index (χ0n) is 18.1. The van der Waals surface area contributed by atoms with E-state index in [9.17, 15) is 9.59 Å². The van der Waals surface area contributed by atoms with E-state index in [2.05, 4.69) is 5.32 Å². The predicted octanol–water partition coefficient (Wildman–Crippen LogP) is 1.52. The Balaban J connectivity index is 1.64. The average molecular weight is 438 g/mol. The molecule has 9 nitrogen and oxygen atoms in total. The molecule has 2 saturated heterocycles. The number of hydrogen-bond acceptors (Lipinski definition) is 6. The molecule has 0 spiro atoms. The number of ether oxygens (including phenoxy) is 2. The molecule has 0 bridgehead atoms. The van der Waals surface area contributed by atoms with Crippen molar-refractivity contribution in [3.05, 3.63) is 51.4 Å². The fraction of sp³-hybridized carbons (Fsp3) is 0.478. The van der Waals surface area contributed by atoms with Gasteiger partial charge in [0.25, 0.3) is 11.5 Å². The molecule has 3 aromatic rings. The average Bonchev–Trinajstić information content (AvgIpc) is 3.49. The quantitative estimate of drug-likeness (QED) is 0.588. The van der Waals surface area contributed by atoms with Crippen LogP contribution < -0.4 is 16.4 Å². The van der Waals surface area contributed by atoms with Gasteiger partial charge >= 0.3 is 0 Å². The van der Waals surface area contributed by atoms with E-state index in [0.29, 0.717) is 43.0 Å². The van der Waals surface area contributed by atoms with Crippen molar-refractivity contribution in [3.63, 3.8) is 0 Å². The Morgan fingerprint density at radius 1 is 1.22 bits per heavy atom. The Bertz CT molecular complexity index is 1300. The van der Waals surface area contributed by atoms with Gasteiger partial charge in [0.15, 0.2) is 0 Å². The van der Waals surface area contributed by atoms with Crippen LogP contribution in [0.5, 0.6) is 0 Å². The zero-order valence-corrected chi connectivity index (χ0v) is 18.1. The standard InChI is InChI=1S/C23H27N5O4/c1-14-6-7-19-26-21-18(23(30)27(19)12-14)10-17(22(29)25-11-15-4-2-8-31-15)20(24)28(21)13-16-5-3-9-32-16/h6-7,10,12,15-16,24H,2-5,8-9,11,13H2,1H3,(H,25,29)/t15-,16-/m0/s1. The number of fused-ring (bicyclic) bond motifs is 2. The molecule has 2 aliphatic heterocycles. The molecule has 5 rings (SSSR count). The lowest BCUT2D eigenvalue weighted by Crippen LogP contribution is -2.38. The van der Waals surface area contributed by atoms with E-state index < -0.39 is 0 Å². The SMILES string of the molecule is Cc1ccc2nc3c(cc(C(=O)NC[C@@H]4CCCO4)c(=N)n3C[C@@H]3CCCO3)c(=O)n2c1. The molecular weight excluding hydrogens is 410 g/mol. The van der Waals surface area contributed by atoms with Crippen molar-refractivity contribution in [2.75, 3.05) is 19.8 Å². The summed E-state index contributed by atoms with van der Waals surface area (Å²) >= 11 is 0. The lowest BCUT2D eigenvalue weighted by Gasteiger charge is -2.18. The maximum atomic E-state index is 13.3. The van der Waals surface area contributed by atoms with Crippen LogP contribution in [0.15, 0.2) is 29.2 Å². The number of carbonyl (C=O) groups is 1. The number of carbonyl (C=O) groups excluding carboxylic acids is 1. The van der Waals surface area contributed by atoms with Crippen LogP contribution in [0, 0.1) is 12.3 Å². The molecule has 0 radical (unpaired) electrons. The predicted molar refractivity (Wildman–Crippen MR) is 118 cm³/mol. The van der Waals surface area contributed by atoms with E-state index in [0.717, 1.165) is 31.2 Å². The maximum absolute atomic E-state index is 13.3.